The highest BCUT2D eigenvalue weighted by atomic mass is 16.5. The summed E-state index contributed by atoms with van der Waals surface area (Å²) < 4.78 is 5.45. The highest BCUT2D eigenvalue weighted by molar-refractivity contribution is 5.84. The van der Waals surface area contributed by atoms with Crippen molar-refractivity contribution in [2.45, 2.75) is 37.7 Å². The van der Waals surface area contributed by atoms with Gasteiger partial charge in [-0.25, -0.2) is 0 Å². The zero-order valence-electron chi connectivity index (χ0n) is 12.5. The van der Waals surface area contributed by atoms with Gasteiger partial charge in [0.25, 0.3) is 0 Å². The SMILES string of the molecule is O=C(O)C[C@@H]1CN(C(=O)[C@H]2CCCc3ccccc32)CCO1. The van der Waals surface area contributed by atoms with Gasteiger partial charge in [0.05, 0.1) is 25.0 Å². The van der Waals surface area contributed by atoms with Crippen molar-refractivity contribution in [1.82, 2.24) is 4.90 Å². The van der Waals surface area contributed by atoms with Gasteiger partial charge in [-0.05, 0) is 30.4 Å². The molecule has 1 heterocycles. The second-order valence-corrected chi connectivity index (χ2v) is 6.02. The van der Waals surface area contributed by atoms with E-state index in [1.54, 1.807) is 4.90 Å². The maximum absolute atomic E-state index is 12.9. The molecule has 0 saturated carbocycles. The lowest BCUT2D eigenvalue weighted by Gasteiger charge is -2.36. The maximum Gasteiger partial charge on any atom is 0.306 e. The van der Waals surface area contributed by atoms with Gasteiger partial charge in [0.15, 0.2) is 0 Å². The summed E-state index contributed by atoms with van der Waals surface area (Å²) in [5.74, 6) is -0.860. The number of ether oxygens (including phenoxy) is 1. The molecule has 1 aliphatic heterocycles. The number of carbonyl (C=O) groups is 2. The number of carboxylic acid groups (broad SMARTS) is 1. The molecule has 0 aromatic heterocycles. The molecule has 0 radical (unpaired) electrons. The summed E-state index contributed by atoms with van der Waals surface area (Å²) >= 11 is 0. The smallest absolute Gasteiger partial charge is 0.306 e. The summed E-state index contributed by atoms with van der Waals surface area (Å²) in [6, 6.07) is 8.15. The van der Waals surface area contributed by atoms with Crippen LogP contribution in [0.4, 0.5) is 0 Å². The Kier molecular flexibility index (Phi) is 4.43. The molecule has 1 aliphatic carbocycles. The Morgan fingerprint density at radius 3 is 2.95 bits per heavy atom. The molecule has 118 valence electrons. The van der Waals surface area contributed by atoms with Gasteiger partial charge in [0.2, 0.25) is 5.91 Å². The van der Waals surface area contributed by atoms with Crippen LogP contribution in [0.3, 0.4) is 0 Å². The minimum Gasteiger partial charge on any atom is -0.481 e. The maximum atomic E-state index is 12.9. The molecular formula is C17H21NO4. The average Bonchev–Trinajstić information content (AvgIpc) is 2.53. The molecule has 2 aliphatic rings. The Morgan fingerprint density at radius 2 is 2.14 bits per heavy atom. The fraction of sp³-hybridized carbons (Fsp3) is 0.529. The van der Waals surface area contributed by atoms with Gasteiger partial charge in [0.1, 0.15) is 0 Å². The van der Waals surface area contributed by atoms with E-state index in [2.05, 4.69) is 6.07 Å². The van der Waals surface area contributed by atoms with Crippen molar-refractivity contribution in [3.05, 3.63) is 35.4 Å². The van der Waals surface area contributed by atoms with Gasteiger partial charge < -0.3 is 14.7 Å². The molecule has 1 fully saturated rings. The number of hydrogen-bond acceptors (Lipinski definition) is 3. The molecule has 1 aromatic rings. The monoisotopic (exact) mass is 303 g/mol. The fourth-order valence-electron chi connectivity index (χ4n) is 3.47. The molecule has 0 spiro atoms. The fourth-order valence-corrected chi connectivity index (χ4v) is 3.47. The molecule has 1 N–H and O–H groups in total. The molecule has 5 heteroatoms. The number of aliphatic carboxylic acids is 1. The molecule has 5 nitrogen and oxygen atoms in total. The van der Waals surface area contributed by atoms with Gasteiger partial charge >= 0.3 is 5.97 Å². The number of carbonyl (C=O) groups excluding carboxylic acids is 1. The standard InChI is InChI=1S/C17H21NO4/c19-16(20)10-13-11-18(8-9-22-13)17(21)15-7-3-5-12-4-1-2-6-14(12)15/h1-2,4,6,13,15H,3,5,7-11H2,(H,19,20)/t13-,15+/m1/s1. The number of benzene rings is 1. The van der Waals surface area contributed by atoms with Gasteiger partial charge in [-0.3, -0.25) is 9.59 Å². The van der Waals surface area contributed by atoms with Crippen molar-refractivity contribution in [2.24, 2.45) is 0 Å². The Hall–Kier alpha value is -1.88. The Labute approximate surface area is 129 Å². The number of amides is 1. The normalized spacial score (nSPS) is 24.6. The van der Waals surface area contributed by atoms with Crippen molar-refractivity contribution in [1.29, 1.82) is 0 Å². The van der Waals surface area contributed by atoms with E-state index in [1.165, 1.54) is 5.56 Å². The topological polar surface area (TPSA) is 66.8 Å². The molecule has 0 bridgehead atoms. The third kappa shape index (κ3) is 3.14. The third-order valence-corrected chi connectivity index (χ3v) is 4.52. The number of hydrogen-bond donors (Lipinski definition) is 1. The van der Waals surface area contributed by atoms with E-state index in [1.807, 2.05) is 18.2 Å². The van der Waals surface area contributed by atoms with Crippen LogP contribution in [0, 0.1) is 0 Å². The second-order valence-electron chi connectivity index (χ2n) is 6.02. The summed E-state index contributed by atoms with van der Waals surface area (Å²) in [6.45, 7) is 1.34. The lowest BCUT2D eigenvalue weighted by atomic mass is 9.82. The predicted molar refractivity (Wildman–Crippen MR) is 80.7 cm³/mol. The van der Waals surface area contributed by atoms with E-state index in [9.17, 15) is 9.59 Å². The van der Waals surface area contributed by atoms with Gasteiger partial charge in [-0.15, -0.1) is 0 Å². The first kappa shape index (κ1) is 15.0. The van der Waals surface area contributed by atoms with Crippen LogP contribution in [-0.2, 0) is 20.7 Å². The van der Waals surface area contributed by atoms with E-state index >= 15 is 0 Å². The van der Waals surface area contributed by atoms with Gasteiger partial charge in [0, 0.05) is 13.1 Å². The molecule has 1 saturated heterocycles. The number of morpholine rings is 1. The largest absolute Gasteiger partial charge is 0.481 e. The highest BCUT2D eigenvalue weighted by Gasteiger charge is 2.33. The lowest BCUT2D eigenvalue weighted by molar-refractivity contribution is -0.148. The molecular weight excluding hydrogens is 282 g/mol. The minimum atomic E-state index is -0.887. The Morgan fingerprint density at radius 1 is 1.32 bits per heavy atom. The number of fused-ring (bicyclic) bond motifs is 1. The molecule has 0 unspecified atom stereocenters. The number of rotatable bonds is 3. The van der Waals surface area contributed by atoms with Crippen molar-refractivity contribution in [2.75, 3.05) is 19.7 Å². The van der Waals surface area contributed by atoms with Crippen LogP contribution < -0.4 is 0 Å². The Balaban J connectivity index is 1.73. The van der Waals surface area contributed by atoms with Crippen LogP contribution in [0.2, 0.25) is 0 Å². The third-order valence-electron chi connectivity index (χ3n) is 4.52. The first-order valence-corrected chi connectivity index (χ1v) is 7.85. The first-order valence-electron chi connectivity index (χ1n) is 7.85. The van der Waals surface area contributed by atoms with Crippen molar-refractivity contribution in [3.63, 3.8) is 0 Å². The van der Waals surface area contributed by atoms with E-state index in [0.717, 1.165) is 24.8 Å². The summed E-state index contributed by atoms with van der Waals surface area (Å²) in [5, 5.41) is 8.89. The first-order chi connectivity index (χ1) is 10.6. The highest BCUT2D eigenvalue weighted by Crippen LogP contribution is 2.33. The molecule has 1 amide bonds. The number of aryl methyl sites for hydroxylation is 1. The summed E-state index contributed by atoms with van der Waals surface area (Å²) in [4.78, 5) is 25.5. The number of carboxylic acids is 1. The zero-order valence-corrected chi connectivity index (χ0v) is 12.5. The van der Waals surface area contributed by atoms with Crippen LogP contribution in [0.1, 0.15) is 36.3 Å². The van der Waals surface area contributed by atoms with E-state index in [4.69, 9.17) is 9.84 Å². The van der Waals surface area contributed by atoms with Gasteiger partial charge in [-0.2, -0.15) is 0 Å². The van der Waals surface area contributed by atoms with Crippen LogP contribution >= 0.6 is 0 Å². The summed E-state index contributed by atoms with van der Waals surface area (Å²) in [7, 11) is 0. The number of nitrogens with zero attached hydrogens (tertiary/aromatic N) is 1. The van der Waals surface area contributed by atoms with Crippen molar-refractivity contribution in [3.8, 4) is 0 Å². The zero-order chi connectivity index (χ0) is 15.5. The quantitative estimate of drug-likeness (QED) is 0.925. The second kappa shape index (κ2) is 6.48. The Bertz CT molecular complexity index is 572. The van der Waals surface area contributed by atoms with Crippen molar-refractivity contribution >= 4 is 11.9 Å². The van der Waals surface area contributed by atoms with Crippen LogP contribution in [-0.4, -0.2) is 47.7 Å². The van der Waals surface area contributed by atoms with E-state index < -0.39 is 12.1 Å². The van der Waals surface area contributed by atoms with Gasteiger partial charge in [-0.1, -0.05) is 24.3 Å². The molecule has 3 rings (SSSR count). The molecule has 22 heavy (non-hydrogen) atoms. The van der Waals surface area contributed by atoms with E-state index in [0.29, 0.717) is 19.7 Å². The molecule has 2 atom stereocenters. The van der Waals surface area contributed by atoms with Crippen LogP contribution in [0.15, 0.2) is 24.3 Å². The summed E-state index contributed by atoms with van der Waals surface area (Å²) in [5.41, 5.74) is 2.41. The summed E-state index contributed by atoms with van der Waals surface area (Å²) in [6.07, 6.45) is 2.48. The van der Waals surface area contributed by atoms with Crippen molar-refractivity contribution < 1.29 is 19.4 Å². The minimum absolute atomic E-state index is 0.0506. The molecule has 1 aromatic carbocycles. The van der Waals surface area contributed by atoms with E-state index in [-0.39, 0.29) is 18.2 Å². The van der Waals surface area contributed by atoms with Crippen LogP contribution in [0.25, 0.3) is 0 Å². The average molecular weight is 303 g/mol. The lowest BCUT2D eigenvalue weighted by Crippen LogP contribution is -2.48. The predicted octanol–water partition coefficient (Wildman–Crippen LogP) is 1.81. The van der Waals surface area contributed by atoms with Crippen LogP contribution in [0.5, 0.6) is 0 Å².